The van der Waals surface area contributed by atoms with Crippen LogP contribution in [0.1, 0.15) is 25.1 Å². The largest absolute Gasteiger partial charge is 0.314 e. The lowest BCUT2D eigenvalue weighted by Crippen LogP contribution is -2.29. The number of nitrogens with one attached hydrogen (secondary N) is 2. The maximum atomic E-state index is 11.6. The zero-order valence-electron chi connectivity index (χ0n) is 10.1. The minimum absolute atomic E-state index is 0.158. The van der Waals surface area contributed by atoms with Crippen molar-refractivity contribution in [2.24, 2.45) is 0 Å². The highest BCUT2D eigenvalue weighted by Gasteiger charge is 2.09. The summed E-state index contributed by atoms with van der Waals surface area (Å²) in [4.78, 5) is 4.82. The number of hydrogen-bond acceptors (Lipinski definition) is 5. The summed E-state index contributed by atoms with van der Waals surface area (Å²) in [6.45, 7) is 5.14. The number of rotatable bonds is 8. The first-order chi connectivity index (χ1) is 7.99. The first kappa shape index (κ1) is 14.6. The van der Waals surface area contributed by atoms with Crippen molar-refractivity contribution in [2.75, 3.05) is 12.3 Å². The molecule has 0 atom stereocenters. The molecule has 0 fully saturated rings. The van der Waals surface area contributed by atoms with E-state index in [0.717, 1.165) is 11.4 Å². The third-order valence-corrected chi connectivity index (χ3v) is 4.28. The summed E-state index contributed by atoms with van der Waals surface area (Å²) in [6.07, 6.45) is 2.30. The molecule has 0 saturated carbocycles. The Labute approximate surface area is 107 Å². The molecule has 1 aromatic heterocycles. The number of sulfonamides is 1. The Morgan fingerprint density at radius 1 is 1.47 bits per heavy atom. The molecule has 0 spiro atoms. The molecule has 0 aliphatic carbocycles. The van der Waals surface area contributed by atoms with E-state index in [1.165, 1.54) is 11.3 Å². The van der Waals surface area contributed by atoms with Gasteiger partial charge in [-0.25, -0.2) is 13.1 Å². The Kier molecular flexibility index (Phi) is 6.04. The van der Waals surface area contributed by atoms with Crippen molar-refractivity contribution in [2.45, 2.75) is 32.9 Å². The van der Waals surface area contributed by atoms with E-state index in [1.54, 1.807) is 11.7 Å². The summed E-state index contributed by atoms with van der Waals surface area (Å²) in [6, 6.07) is 0.392. The zero-order chi connectivity index (χ0) is 12.7. The second-order valence-electron chi connectivity index (χ2n) is 4.07. The fourth-order valence-corrected chi connectivity index (χ4v) is 2.91. The van der Waals surface area contributed by atoms with E-state index in [2.05, 4.69) is 15.0 Å². The van der Waals surface area contributed by atoms with Gasteiger partial charge in [-0.15, -0.1) is 11.3 Å². The van der Waals surface area contributed by atoms with E-state index < -0.39 is 10.0 Å². The van der Waals surface area contributed by atoms with Crippen molar-refractivity contribution in [3.63, 3.8) is 0 Å². The minimum atomic E-state index is -3.17. The first-order valence-electron chi connectivity index (χ1n) is 5.58. The molecule has 98 valence electrons. The highest BCUT2D eigenvalue weighted by Crippen LogP contribution is 2.05. The van der Waals surface area contributed by atoms with Gasteiger partial charge in [0.25, 0.3) is 0 Å². The van der Waals surface area contributed by atoms with Crippen LogP contribution in [0.15, 0.2) is 11.7 Å². The van der Waals surface area contributed by atoms with Crippen molar-refractivity contribution < 1.29 is 8.42 Å². The summed E-state index contributed by atoms with van der Waals surface area (Å²) in [5.41, 5.74) is 1.69. The Morgan fingerprint density at radius 3 is 2.82 bits per heavy atom. The van der Waals surface area contributed by atoms with Crippen molar-refractivity contribution >= 4 is 21.4 Å². The summed E-state index contributed by atoms with van der Waals surface area (Å²) < 4.78 is 25.8. The van der Waals surface area contributed by atoms with Crippen LogP contribution in [0, 0.1) is 0 Å². The van der Waals surface area contributed by atoms with Gasteiger partial charge in [0.2, 0.25) is 10.0 Å². The van der Waals surface area contributed by atoms with Crippen LogP contribution in [0.4, 0.5) is 0 Å². The highest BCUT2D eigenvalue weighted by molar-refractivity contribution is 7.89. The Hall–Kier alpha value is -0.500. The van der Waals surface area contributed by atoms with Crippen molar-refractivity contribution in [1.82, 2.24) is 15.0 Å². The van der Waals surface area contributed by atoms with Gasteiger partial charge in [0.05, 0.1) is 11.3 Å². The molecule has 1 heterocycles. The second-order valence-corrected chi connectivity index (χ2v) is 6.97. The molecular weight excluding hydrogens is 258 g/mol. The van der Waals surface area contributed by atoms with E-state index in [9.17, 15) is 8.42 Å². The summed E-state index contributed by atoms with van der Waals surface area (Å²) in [7, 11) is -3.17. The average Bonchev–Trinajstić information content (AvgIpc) is 2.74. The molecule has 2 N–H and O–H groups in total. The van der Waals surface area contributed by atoms with Gasteiger partial charge >= 0.3 is 0 Å². The van der Waals surface area contributed by atoms with Crippen LogP contribution in [0.2, 0.25) is 0 Å². The third-order valence-electron chi connectivity index (χ3n) is 2.09. The van der Waals surface area contributed by atoms with Gasteiger partial charge in [-0.05, 0) is 13.0 Å². The molecule has 0 saturated heterocycles. The molecule has 1 rings (SSSR count). The molecule has 0 amide bonds. The lowest BCUT2D eigenvalue weighted by molar-refractivity contribution is 0.561. The van der Waals surface area contributed by atoms with Gasteiger partial charge in [-0.2, -0.15) is 0 Å². The van der Waals surface area contributed by atoms with Gasteiger partial charge in [-0.3, -0.25) is 4.98 Å². The monoisotopic (exact) mass is 277 g/mol. The normalized spacial score (nSPS) is 12.2. The molecule has 0 unspecified atom stereocenters. The summed E-state index contributed by atoms with van der Waals surface area (Å²) >= 11 is 1.45. The second kappa shape index (κ2) is 7.05. The van der Waals surface area contributed by atoms with Crippen LogP contribution in [0.3, 0.4) is 0 Å². The maximum absolute atomic E-state index is 11.6. The van der Waals surface area contributed by atoms with Crippen LogP contribution in [0.25, 0.3) is 0 Å². The molecule has 0 aliphatic heterocycles. The highest BCUT2D eigenvalue weighted by atomic mass is 32.2. The lowest BCUT2D eigenvalue weighted by atomic mass is 10.4. The van der Waals surface area contributed by atoms with Crippen LogP contribution in [0.5, 0.6) is 0 Å². The molecule has 0 radical (unpaired) electrons. The predicted molar refractivity (Wildman–Crippen MR) is 70.5 cm³/mol. The Balaban J connectivity index is 2.22. The standard InChI is InChI=1S/C10H19N3O2S2/c1-9(2)12-4-3-5-17(14,15)13-7-10-6-11-8-16-10/h6,8-9,12-13H,3-5,7H2,1-2H3. The van der Waals surface area contributed by atoms with Crippen LogP contribution in [-0.2, 0) is 16.6 Å². The van der Waals surface area contributed by atoms with Crippen molar-refractivity contribution in [3.05, 3.63) is 16.6 Å². The molecule has 0 aromatic carbocycles. The topological polar surface area (TPSA) is 71.1 Å². The van der Waals surface area contributed by atoms with Crippen molar-refractivity contribution in [1.29, 1.82) is 0 Å². The predicted octanol–water partition coefficient (Wildman–Crippen LogP) is 0.951. The van der Waals surface area contributed by atoms with E-state index in [0.29, 0.717) is 19.0 Å². The average molecular weight is 277 g/mol. The van der Waals surface area contributed by atoms with E-state index >= 15 is 0 Å². The molecule has 7 heteroatoms. The fourth-order valence-electron chi connectivity index (χ4n) is 1.24. The van der Waals surface area contributed by atoms with Gasteiger partial charge < -0.3 is 5.32 Å². The van der Waals surface area contributed by atoms with Gasteiger partial charge in [0.1, 0.15) is 0 Å². The van der Waals surface area contributed by atoms with Crippen LogP contribution in [-0.4, -0.2) is 31.7 Å². The van der Waals surface area contributed by atoms with E-state index in [4.69, 9.17) is 0 Å². The third kappa shape index (κ3) is 6.72. The van der Waals surface area contributed by atoms with E-state index in [1.807, 2.05) is 13.8 Å². The van der Waals surface area contributed by atoms with Gasteiger partial charge in [0.15, 0.2) is 0 Å². The number of thiazole rings is 1. The Morgan fingerprint density at radius 2 is 2.24 bits per heavy atom. The molecule has 0 aliphatic rings. The van der Waals surface area contributed by atoms with Gasteiger partial charge in [0, 0.05) is 23.7 Å². The Bertz CT molecular complexity index is 401. The number of nitrogens with zero attached hydrogens (tertiary/aromatic N) is 1. The quantitative estimate of drug-likeness (QED) is 0.694. The summed E-state index contributed by atoms with van der Waals surface area (Å²) in [5, 5.41) is 3.19. The molecule has 0 bridgehead atoms. The van der Waals surface area contributed by atoms with Crippen LogP contribution >= 0.6 is 11.3 Å². The molecule has 1 aromatic rings. The molecular formula is C10H19N3O2S2. The summed E-state index contributed by atoms with van der Waals surface area (Å²) in [5.74, 6) is 0.158. The SMILES string of the molecule is CC(C)NCCCS(=O)(=O)NCc1cncs1. The van der Waals surface area contributed by atoms with Crippen LogP contribution < -0.4 is 10.0 Å². The zero-order valence-corrected chi connectivity index (χ0v) is 11.8. The first-order valence-corrected chi connectivity index (χ1v) is 8.11. The van der Waals surface area contributed by atoms with Gasteiger partial charge in [-0.1, -0.05) is 13.8 Å². The lowest BCUT2D eigenvalue weighted by Gasteiger charge is -2.08. The number of aromatic nitrogens is 1. The minimum Gasteiger partial charge on any atom is -0.314 e. The molecule has 17 heavy (non-hydrogen) atoms. The van der Waals surface area contributed by atoms with Crippen molar-refractivity contribution in [3.8, 4) is 0 Å². The van der Waals surface area contributed by atoms with E-state index in [-0.39, 0.29) is 5.75 Å². The number of hydrogen-bond donors (Lipinski definition) is 2. The molecule has 5 nitrogen and oxygen atoms in total. The fraction of sp³-hybridized carbons (Fsp3) is 0.700. The smallest absolute Gasteiger partial charge is 0.211 e. The maximum Gasteiger partial charge on any atom is 0.211 e.